The standard InChI is InChI=1S/C11H11FN4S/c1-14-9-6-10(16-11(13)15-9)17-8-4-2-7(12)3-5-8/h2-6H,1H3,(H3,13,14,15,16). The van der Waals surface area contributed by atoms with Gasteiger partial charge in [0.15, 0.2) is 0 Å². The van der Waals surface area contributed by atoms with Crippen LogP contribution in [0.5, 0.6) is 0 Å². The number of benzene rings is 1. The van der Waals surface area contributed by atoms with Crippen LogP contribution in [0, 0.1) is 5.82 Å². The third-order valence-electron chi connectivity index (χ3n) is 2.01. The van der Waals surface area contributed by atoms with E-state index in [-0.39, 0.29) is 11.8 Å². The van der Waals surface area contributed by atoms with Crippen molar-refractivity contribution in [2.75, 3.05) is 18.1 Å². The predicted molar refractivity (Wildman–Crippen MR) is 66.5 cm³/mol. The van der Waals surface area contributed by atoms with E-state index in [0.29, 0.717) is 10.8 Å². The van der Waals surface area contributed by atoms with Gasteiger partial charge >= 0.3 is 0 Å². The SMILES string of the molecule is CNc1cc(Sc2ccc(F)cc2)nc(N)n1. The predicted octanol–water partition coefficient (Wildman–Crippen LogP) is 2.39. The molecular formula is C11H11FN4S. The van der Waals surface area contributed by atoms with E-state index in [0.717, 1.165) is 4.90 Å². The Bertz CT molecular complexity index is 515. The highest BCUT2D eigenvalue weighted by Gasteiger charge is 2.03. The zero-order valence-electron chi connectivity index (χ0n) is 9.14. The van der Waals surface area contributed by atoms with Gasteiger partial charge in [-0.25, -0.2) is 9.37 Å². The summed E-state index contributed by atoms with van der Waals surface area (Å²) in [6.45, 7) is 0. The Morgan fingerprint density at radius 2 is 1.94 bits per heavy atom. The molecule has 6 heteroatoms. The second-order valence-corrected chi connectivity index (χ2v) is 4.35. The molecule has 17 heavy (non-hydrogen) atoms. The summed E-state index contributed by atoms with van der Waals surface area (Å²) in [6, 6.07) is 7.98. The van der Waals surface area contributed by atoms with Crippen molar-refractivity contribution < 1.29 is 4.39 Å². The fourth-order valence-electron chi connectivity index (χ4n) is 1.25. The summed E-state index contributed by atoms with van der Waals surface area (Å²) >= 11 is 1.40. The third-order valence-corrected chi connectivity index (χ3v) is 2.94. The maximum atomic E-state index is 12.7. The van der Waals surface area contributed by atoms with E-state index in [2.05, 4.69) is 15.3 Å². The summed E-state index contributed by atoms with van der Waals surface area (Å²) in [5.41, 5.74) is 5.58. The molecule has 2 rings (SSSR count). The zero-order chi connectivity index (χ0) is 12.3. The van der Waals surface area contributed by atoms with Crippen molar-refractivity contribution >= 4 is 23.5 Å². The lowest BCUT2D eigenvalue weighted by atomic mass is 10.4. The number of nitrogen functional groups attached to an aromatic ring is 1. The molecule has 0 amide bonds. The minimum Gasteiger partial charge on any atom is -0.373 e. The van der Waals surface area contributed by atoms with E-state index < -0.39 is 0 Å². The maximum absolute atomic E-state index is 12.7. The van der Waals surface area contributed by atoms with Gasteiger partial charge < -0.3 is 11.1 Å². The molecule has 0 radical (unpaired) electrons. The zero-order valence-corrected chi connectivity index (χ0v) is 9.96. The summed E-state index contributed by atoms with van der Waals surface area (Å²) in [5.74, 6) is 0.607. The Balaban J connectivity index is 2.23. The van der Waals surface area contributed by atoms with Crippen molar-refractivity contribution in [2.24, 2.45) is 0 Å². The monoisotopic (exact) mass is 250 g/mol. The van der Waals surface area contributed by atoms with Crippen LogP contribution in [-0.4, -0.2) is 17.0 Å². The number of aromatic nitrogens is 2. The molecule has 0 unspecified atom stereocenters. The van der Waals surface area contributed by atoms with Gasteiger partial charge in [0.05, 0.1) is 0 Å². The second kappa shape index (κ2) is 5.01. The van der Waals surface area contributed by atoms with Gasteiger partial charge in [-0.1, -0.05) is 11.8 Å². The van der Waals surface area contributed by atoms with Gasteiger partial charge in [-0.05, 0) is 24.3 Å². The smallest absolute Gasteiger partial charge is 0.223 e. The first-order valence-electron chi connectivity index (χ1n) is 4.93. The quantitative estimate of drug-likeness (QED) is 0.819. The highest BCUT2D eigenvalue weighted by molar-refractivity contribution is 7.99. The number of rotatable bonds is 3. The highest BCUT2D eigenvalue weighted by Crippen LogP contribution is 2.27. The van der Waals surface area contributed by atoms with E-state index in [4.69, 9.17) is 5.73 Å². The topological polar surface area (TPSA) is 63.8 Å². The lowest BCUT2D eigenvalue weighted by molar-refractivity contribution is 0.626. The van der Waals surface area contributed by atoms with Gasteiger partial charge in [-0.15, -0.1) is 0 Å². The van der Waals surface area contributed by atoms with Crippen LogP contribution in [0.2, 0.25) is 0 Å². The molecule has 88 valence electrons. The number of nitrogens with one attached hydrogen (secondary N) is 1. The van der Waals surface area contributed by atoms with Crippen molar-refractivity contribution in [3.8, 4) is 0 Å². The molecule has 1 aromatic carbocycles. The normalized spacial score (nSPS) is 10.2. The molecule has 1 aromatic heterocycles. The maximum Gasteiger partial charge on any atom is 0.223 e. The molecule has 0 bridgehead atoms. The minimum atomic E-state index is -0.257. The first-order valence-corrected chi connectivity index (χ1v) is 5.75. The van der Waals surface area contributed by atoms with Gasteiger partial charge in [0, 0.05) is 18.0 Å². The fourth-order valence-corrected chi connectivity index (χ4v) is 2.07. The fraction of sp³-hybridized carbons (Fsp3) is 0.0909. The molecule has 3 N–H and O–H groups in total. The molecule has 0 saturated heterocycles. The Morgan fingerprint density at radius 3 is 2.59 bits per heavy atom. The van der Waals surface area contributed by atoms with Crippen molar-refractivity contribution in [3.05, 3.63) is 36.1 Å². The number of hydrogen-bond acceptors (Lipinski definition) is 5. The number of hydrogen-bond donors (Lipinski definition) is 2. The lowest BCUT2D eigenvalue weighted by Crippen LogP contribution is -2.00. The first-order chi connectivity index (χ1) is 8.17. The molecule has 0 spiro atoms. The summed E-state index contributed by atoms with van der Waals surface area (Å²) in [7, 11) is 1.76. The molecule has 0 aliphatic rings. The van der Waals surface area contributed by atoms with Crippen LogP contribution in [0.25, 0.3) is 0 Å². The van der Waals surface area contributed by atoms with E-state index in [1.165, 1.54) is 23.9 Å². The average molecular weight is 250 g/mol. The van der Waals surface area contributed by atoms with Crippen LogP contribution in [-0.2, 0) is 0 Å². The Kier molecular flexibility index (Phi) is 3.43. The Labute approximate surface area is 102 Å². The molecule has 0 fully saturated rings. The number of nitrogens with zero attached hydrogens (tertiary/aromatic N) is 2. The Morgan fingerprint density at radius 1 is 1.24 bits per heavy atom. The summed E-state index contributed by atoms with van der Waals surface area (Å²) in [4.78, 5) is 8.98. The van der Waals surface area contributed by atoms with Crippen LogP contribution in [0.1, 0.15) is 0 Å². The third kappa shape index (κ3) is 3.07. The summed E-state index contributed by atoms with van der Waals surface area (Å²) in [6.07, 6.45) is 0. The summed E-state index contributed by atoms with van der Waals surface area (Å²) < 4.78 is 12.7. The van der Waals surface area contributed by atoms with Crippen LogP contribution >= 0.6 is 11.8 Å². The minimum absolute atomic E-state index is 0.210. The number of halogens is 1. The van der Waals surface area contributed by atoms with Crippen LogP contribution in [0.4, 0.5) is 16.2 Å². The van der Waals surface area contributed by atoms with E-state index in [1.807, 2.05) is 0 Å². The second-order valence-electron chi connectivity index (χ2n) is 3.26. The van der Waals surface area contributed by atoms with Gasteiger partial charge in [0.2, 0.25) is 5.95 Å². The van der Waals surface area contributed by atoms with E-state index in [9.17, 15) is 4.39 Å². The van der Waals surface area contributed by atoms with Crippen LogP contribution in [0.3, 0.4) is 0 Å². The molecular weight excluding hydrogens is 239 g/mol. The van der Waals surface area contributed by atoms with Crippen LogP contribution in [0.15, 0.2) is 40.3 Å². The van der Waals surface area contributed by atoms with Crippen molar-refractivity contribution in [3.63, 3.8) is 0 Å². The van der Waals surface area contributed by atoms with E-state index >= 15 is 0 Å². The number of nitrogens with two attached hydrogens (primary N) is 1. The lowest BCUT2D eigenvalue weighted by Gasteiger charge is -2.04. The van der Waals surface area contributed by atoms with Gasteiger partial charge in [-0.3, -0.25) is 0 Å². The van der Waals surface area contributed by atoms with Gasteiger partial charge in [0.25, 0.3) is 0 Å². The molecule has 4 nitrogen and oxygen atoms in total. The molecule has 0 saturated carbocycles. The average Bonchev–Trinajstić information content (AvgIpc) is 2.31. The number of anilines is 2. The van der Waals surface area contributed by atoms with Crippen molar-refractivity contribution in [1.29, 1.82) is 0 Å². The van der Waals surface area contributed by atoms with Gasteiger partial charge in [-0.2, -0.15) is 4.98 Å². The van der Waals surface area contributed by atoms with Gasteiger partial charge in [0.1, 0.15) is 16.7 Å². The van der Waals surface area contributed by atoms with Crippen molar-refractivity contribution in [2.45, 2.75) is 9.92 Å². The molecule has 0 aliphatic heterocycles. The summed E-state index contributed by atoms with van der Waals surface area (Å²) in [5, 5.41) is 3.61. The van der Waals surface area contributed by atoms with Crippen molar-refractivity contribution in [1.82, 2.24) is 9.97 Å². The Hall–Kier alpha value is -1.82. The van der Waals surface area contributed by atoms with E-state index in [1.54, 1.807) is 25.2 Å². The first kappa shape index (κ1) is 11.7. The largest absolute Gasteiger partial charge is 0.373 e. The molecule has 1 heterocycles. The molecule has 2 aromatic rings. The molecule has 0 aliphatic carbocycles. The molecule has 0 atom stereocenters. The highest BCUT2D eigenvalue weighted by atomic mass is 32.2. The van der Waals surface area contributed by atoms with Crippen LogP contribution < -0.4 is 11.1 Å².